The molecule has 0 aliphatic heterocycles. The molecule has 0 atom stereocenters. The van der Waals surface area contributed by atoms with Gasteiger partial charge in [-0.1, -0.05) is 0 Å². The molecule has 0 aromatic heterocycles. The summed E-state index contributed by atoms with van der Waals surface area (Å²) < 4.78 is 694. The summed E-state index contributed by atoms with van der Waals surface area (Å²) in [5.41, 5.74) is 0. The topological polar surface area (TPSA) is 3.24 Å². The standard InChI is InChI=1S/C33H18F51N/c34-10(35,13(40,41)16(46,47)19(52,53)22(58,59)25(64,65)28(70,71)31(76,77)78)4-1-7-85(8-2-5-11(36,37)14(42,43)17(48,49)20(54,55)23(60,61)26(66,67)29(72,73)32(79,80)81)9-3-6-12(38,39)15(44,45)18(50,51)21(56,57)24(62,63)27(68,69)30(74,75)33(82,83)84/h1-9H2. The van der Waals surface area contributed by atoms with Gasteiger partial charge in [-0.25, -0.2) is 0 Å². The van der Waals surface area contributed by atoms with Crippen molar-refractivity contribution in [3.8, 4) is 0 Å². The Kier molecular flexibility index (Phi) is 20.9. The van der Waals surface area contributed by atoms with Crippen LogP contribution < -0.4 is 0 Å². The zero-order valence-electron chi connectivity index (χ0n) is 38.1. The highest BCUT2D eigenvalue weighted by Crippen LogP contribution is 2.68. The van der Waals surface area contributed by atoms with Gasteiger partial charge < -0.3 is 4.90 Å². The molecule has 0 saturated heterocycles. The van der Waals surface area contributed by atoms with Crippen LogP contribution in [0.1, 0.15) is 38.5 Å². The van der Waals surface area contributed by atoms with Crippen LogP contribution in [0.3, 0.4) is 0 Å². The van der Waals surface area contributed by atoms with Crippen molar-refractivity contribution in [2.45, 2.75) is 181 Å². The molecule has 52 heteroatoms. The minimum Gasteiger partial charge on any atom is -0.303 e. The molecule has 512 valence electrons. The molecular weight excluding hydrogens is 1380 g/mol. The first-order valence-corrected chi connectivity index (χ1v) is 19.9. The number of rotatable bonds is 30. The Morgan fingerprint density at radius 2 is 0.247 bits per heavy atom. The van der Waals surface area contributed by atoms with Gasteiger partial charge in [-0.3, -0.25) is 0 Å². The lowest BCUT2D eigenvalue weighted by Gasteiger charge is -2.43. The molecule has 1 nitrogen and oxygen atoms in total. The van der Waals surface area contributed by atoms with E-state index < -0.39 is 206 Å². The quantitative estimate of drug-likeness (QED) is 0.0648. The minimum atomic E-state index is -9.38. The second-order valence-corrected chi connectivity index (χ2v) is 17.1. The maximum absolute atomic E-state index is 14.5. The highest BCUT2D eigenvalue weighted by molar-refractivity contribution is 5.18. The lowest BCUT2D eigenvalue weighted by molar-refractivity contribution is -0.461. The second-order valence-electron chi connectivity index (χ2n) is 17.1. The van der Waals surface area contributed by atoms with Crippen LogP contribution in [-0.2, 0) is 0 Å². The summed E-state index contributed by atoms with van der Waals surface area (Å²) in [6.07, 6.45) is -45.2. The van der Waals surface area contributed by atoms with Gasteiger partial charge in [0.25, 0.3) is 0 Å². The summed E-state index contributed by atoms with van der Waals surface area (Å²) in [7, 11) is 0. The van der Waals surface area contributed by atoms with Crippen molar-refractivity contribution in [1.82, 2.24) is 4.90 Å². The monoisotopic (exact) mass is 1400 g/mol. The van der Waals surface area contributed by atoms with Crippen LogP contribution in [-0.4, -0.2) is 167 Å². The van der Waals surface area contributed by atoms with E-state index in [1.54, 1.807) is 0 Å². The van der Waals surface area contributed by atoms with E-state index in [1.807, 2.05) is 0 Å². The van der Waals surface area contributed by atoms with E-state index in [4.69, 9.17) is 0 Å². The normalized spacial score (nSPS) is 16.9. The Bertz CT molecular complexity index is 2000. The third kappa shape index (κ3) is 11.6. The molecule has 0 radical (unpaired) electrons. The largest absolute Gasteiger partial charge is 0.460 e. The summed E-state index contributed by atoms with van der Waals surface area (Å²) in [6.45, 7) is -8.01. The molecule has 0 heterocycles. The average Bonchev–Trinajstić information content (AvgIpc) is 3.26. The Morgan fingerprint density at radius 3 is 0.365 bits per heavy atom. The van der Waals surface area contributed by atoms with Gasteiger partial charge in [0.2, 0.25) is 0 Å². The first-order chi connectivity index (χ1) is 36.0. The Labute approximate surface area is 431 Å². The molecule has 0 fully saturated rings. The number of hydrogen-bond acceptors (Lipinski definition) is 1. The van der Waals surface area contributed by atoms with Gasteiger partial charge in [-0.15, -0.1) is 0 Å². The maximum atomic E-state index is 14.5. The fourth-order valence-corrected chi connectivity index (χ4v) is 5.97. The van der Waals surface area contributed by atoms with Gasteiger partial charge in [0.05, 0.1) is 0 Å². The third-order valence-corrected chi connectivity index (χ3v) is 11.3. The molecular formula is C33H18F51N. The van der Waals surface area contributed by atoms with E-state index in [0.717, 1.165) is 0 Å². The molecule has 0 aliphatic carbocycles. The van der Waals surface area contributed by atoms with Gasteiger partial charge in [0.1, 0.15) is 0 Å². The van der Waals surface area contributed by atoms with Gasteiger partial charge >= 0.3 is 143 Å². The van der Waals surface area contributed by atoms with Crippen molar-refractivity contribution < 1.29 is 224 Å². The fraction of sp³-hybridized carbons (Fsp3) is 1.00. The zero-order chi connectivity index (χ0) is 69.9. The summed E-state index contributed by atoms with van der Waals surface area (Å²) in [5, 5.41) is 0. The van der Waals surface area contributed by atoms with Gasteiger partial charge in [0, 0.05) is 19.3 Å². The van der Waals surface area contributed by atoms with E-state index in [2.05, 4.69) is 0 Å². The molecule has 0 aliphatic rings. The van der Waals surface area contributed by atoms with E-state index in [-0.39, 0.29) is 0 Å². The SMILES string of the molecule is FC(F)(F)C(F)(F)C(F)(F)C(F)(F)C(F)(F)C(F)(F)C(F)(F)C(F)(F)CCCN(CCCC(F)(F)C(F)(F)C(F)(F)C(F)(F)C(F)(F)C(F)(F)C(F)(F)C(F)(F)F)CCCC(F)(F)C(F)(F)C(F)(F)C(F)(F)C(F)(F)C(F)(F)C(F)(F)C(F)(F)F. The van der Waals surface area contributed by atoms with Crippen molar-refractivity contribution in [2.24, 2.45) is 0 Å². The number of hydrogen-bond donors (Lipinski definition) is 0. The molecule has 0 unspecified atom stereocenters. The first-order valence-electron chi connectivity index (χ1n) is 19.9. The zero-order valence-corrected chi connectivity index (χ0v) is 38.1. The van der Waals surface area contributed by atoms with Crippen LogP contribution in [0.2, 0.25) is 0 Å². The van der Waals surface area contributed by atoms with Crippen molar-refractivity contribution in [3.63, 3.8) is 0 Å². The number of nitrogens with zero attached hydrogens (tertiary/aromatic N) is 1. The number of alkyl halides is 51. The van der Waals surface area contributed by atoms with Crippen molar-refractivity contribution >= 4 is 0 Å². The van der Waals surface area contributed by atoms with Crippen LogP contribution in [0.25, 0.3) is 0 Å². The van der Waals surface area contributed by atoms with Crippen molar-refractivity contribution in [1.29, 1.82) is 0 Å². The van der Waals surface area contributed by atoms with E-state index in [9.17, 15) is 224 Å². The maximum Gasteiger partial charge on any atom is 0.460 e. The van der Waals surface area contributed by atoms with Crippen molar-refractivity contribution in [3.05, 3.63) is 0 Å². The Balaban J connectivity index is 7.65. The first kappa shape index (κ1) is 81.4. The summed E-state index contributed by atoms with van der Waals surface area (Å²) in [5.74, 6) is -187. The van der Waals surface area contributed by atoms with Crippen LogP contribution in [0.4, 0.5) is 224 Å². The van der Waals surface area contributed by atoms with E-state index >= 15 is 0 Å². The predicted octanol–water partition coefficient (Wildman–Crippen LogP) is 18.7. The molecule has 0 spiro atoms. The molecule has 0 bridgehead atoms. The molecule has 0 aromatic carbocycles. The van der Waals surface area contributed by atoms with Crippen LogP contribution in [0.15, 0.2) is 0 Å². The van der Waals surface area contributed by atoms with Gasteiger partial charge in [-0.2, -0.15) is 224 Å². The molecule has 0 N–H and O–H groups in total. The Hall–Kier alpha value is -3.61. The molecule has 0 aromatic rings. The lowest BCUT2D eigenvalue weighted by atomic mass is 9.87. The molecule has 0 saturated carbocycles. The summed E-state index contributed by atoms with van der Waals surface area (Å²) in [6, 6.07) is 0. The highest BCUT2D eigenvalue weighted by atomic mass is 19.5. The number of halogens is 51. The van der Waals surface area contributed by atoms with Crippen LogP contribution >= 0.6 is 0 Å². The minimum absolute atomic E-state index is 1.02. The summed E-state index contributed by atoms with van der Waals surface area (Å²) in [4.78, 5) is -1.02. The predicted molar refractivity (Wildman–Crippen MR) is 166 cm³/mol. The lowest BCUT2D eigenvalue weighted by Crippen LogP contribution is -2.74. The van der Waals surface area contributed by atoms with Gasteiger partial charge in [-0.05, 0) is 38.9 Å². The highest BCUT2D eigenvalue weighted by Gasteiger charge is 2.98. The van der Waals surface area contributed by atoms with E-state index in [1.165, 1.54) is 0 Å². The second kappa shape index (κ2) is 21.8. The van der Waals surface area contributed by atoms with E-state index in [0.29, 0.717) is 0 Å². The van der Waals surface area contributed by atoms with Gasteiger partial charge in [0.15, 0.2) is 0 Å². The molecule has 0 amide bonds. The average molecular weight is 1400 g/mol. The summed E-state index contributed by atoms with van der Waals surface area (Å²) >= 11 is 0. The van der Waals surface area contributed by atoms with Crippen LogP contribution in [0, 0.1) is 0 Å². The van der Waals surface area contributed by atoms with Crippen molar-refractivity contribution in [2.75, 3.05) is 19.6 Å². The van der Waals surface area contributed by atoms with Crippen LogP contribution in [0.5, 0.6) is 0 Å². The molecule has 0 rings (SSSR count). The molecule has 85 heavy (non-hydrogen) atoms. The fourth-order valence-electron chi connectivity index (χ4n) is 5.97. The Morgan fingerprint density at radius 1 is 0.141 bits per heavy atom. The smallest absolute Gasteiger partial charge is 0.303 e. The third-order valence-electron chi connectivity index (χ3n) is 11.3.